The number of hydrogen-bond donors (Lipinski definition) is 2. The Morgan fingerprint density at radius 1 is 1.26 bits per heavy atom. The van der Waals surface area contributed by atoms with Gasteiger partial charge in [-0.1, -0.05) is 12.1 Å². The number of nitrogens with zero attached hydrogens (tertiary/aromatic N) is 2. The van der Waals surface area contributed by atoms with Crippen molar-refractivity contribution < 1.29 is 14.3 Å². The molecule has 7 heteroatoms. The lowest BCUT2D eigenvalue weighted by Crippen LogP contribution is -2.24. The summed E-state index contributed by atoms with van der Waals surface area (Å²) in [5.41, 5.74) is 1.30. The fourth-order valence-corrected chi connectivity index (χ4v) is 2.04. The van der Waals surface area contributed by atoms with Crippen molar-refractivity contribution in [2.75, 3.05) is 18.7 Å². The van der Waals surface area contributed by atoms with Gasteiger partial charge in [0.05, 0.1) is 12.4 Å². The molecule has 7 nitrogen and oxygen atoms in total. The van der Waals surface area contributed by atoms with Crippen LogP contribution in [0.3, 0.4) is 0 Å². The molecule has 23 heavy (non-hydrogen) atoms. The molecule has 2 aromatic rings. The van der Waals surface area contributed by atoms with Crippen molar-refractivity contribution in [3.63, 3.8) is 0 Å². The predicted octanol–water partition coefficient (Wildman–Crippen LogP) is 1.73. The van der Waals surface area contributed by atoms with Crippen molar-refractivity contribution in [2.45, 2.75) is 6.54 Å². The summed E-state index contributed by atoms with van der Waals surface area (Å²) in [4.78, 5) is 20.0. The van der Waals surface area contributed by atoms with Crippen molar-refractivity contribution in [1.29, 1.82) is 0 Å². The third kappa shape index (κ3) is 3.57. The second kappa shape index (κ2) is 6.78. The maximum absolute atomic E-state index is 11.7. The van der Waals surface area contributed by atoms with Gasteiger partial charge in [-0.2, -0.15) is 0 Å². The Bertz CT molecular complexity index is 716. The van der Waals surface area contributed by atoms with E-state index < -0.39 is 0 Å². The van der Waals surface area contributed by atoms with Crippen LogP contribution in [0.4, 0.5) is 5.82 Å². The molecule has 0 fully saturated rings. The van der Waals surface area contributed by atoms with E-state index in [9.17, 15) is 4.79 Å². The summed E-state index contributed by atoms with van der Waals surface area (Å²) in [5.74, 6) is 1.80. The number of hydrogen-bond acceptors (Lipinski definition) is 6. The molecule has 1 aliphatic rings. The van der Waals surface area contributed by atoms with E-state index in [0.29, 0.717) is 18.9 Å². The number of fused-ring (bicyclic) bond motifs is 1. The zero-order valence-corrected chi connectivity index (χ0v) is 12.4. The molecule has 0 bridgehead atoms. The highest BCUT2D eigenvalue weighted by atomic mass is 16.7. The van der Waals surface area contributed by atoms with Crippen LogP contribution in [0, 0.1) is 0 Å². The Hall–Kier alpha value is -3.09. The van der Waals surface area contributed by atoms with Gasteiger partial charge in [0.1, 0.15) is 11.5 Å². The van der Waals surface area contributed by atoms with E-state index >= 15 is 0 Å². The van der Waals surface area contributed by atoms with Gasteiger partial charge in [-0.05, 0) is 17.7 Å². The van der Waals surface area contributed by atoms with Gasteiger partial charge >= 0.3 is 0 Å². The highest BCUT2D eigenvalue weighted by Gasteiger charge is 2.13. The summed E-state index contributed by atoms with van der Waals surface area (Å²) in [6.07, 6.45) is 4.56. The van der Waals surface area contributed by atoms with Crippen LogP contribution in [-0.4, -0.2) is 29.2 Å². The highest BCUT2D eigenvalue weighted by molar-refractivity contribution is 5.92. The molecule has 118 valence electrons. The van der Waals surface area contributed by atoms with Gasteiger partial charge in [0.15, 0.2) is 11.5 Å². The van der Waals surface area contributed by atoms with Crippen LogP contribution in [0.25, 0.3) is 0 Å². The number of nitrogens with one attached hydrogen (secondary N) is 2. The van der Waals surface area contributed by atoms with Gasteiger partial charge in [0, 0.05) is 13.1 Å². The number of amides is 1. The van der Waals surface area contributed by atoms with Crippen LogP contribution in [0.1, 0.15) is 16.1 Å². The maximum Gasteiger partial charge on any atom is 0.271 e. The molecule has 2 heterocycles. The molecule has 1 aliphatic heterocycles. The van der Waals surface area contributed by atoms with E-state index in [0.717, 1.165) is 17.1 Å². The molecule has 0 saturated heterocycles. The average molecular weight is 312 g/mol. The maximum atomic E-state index is 11.7. The molecule has 0 atom stereocenters. The largest absolute Gasteiger partial charge is 0.454 e. The van der Waals surface area contributed by atoms with Crippen LogP contribution in [-0.2, 0) is 6.54 Å². The van der Waals surface area contributed by atoms with Gasteiger partial charge in [0.2, 0.25) is 6.79 Å². The molecule has 0 saturated carbocycles. The number of carbonyl (C=O) groups excluding carboxylic acids is 1. The topological polar surface area (TPSA) is 85.4 Å². The highest BCUT2D eigenvalue weighted by Crippen LogP contribution is 2.32. The first kappa shape index (κ1) is 14.8. The number of anilines is 1. The molecule has 0 aliphatic carbocycles. The Morgan fingerprint density at radius 3 is 2.91 bits per heavy atom. The minimum atomic E-state index is -0.278. The van der Waals surface area contributed by atoms with Gasteiger partial charge < -0.3 is 20.1 Å². The second-order valence-electron chi connectivity index (χ2n) is 4.83. The third-order valence-electron chi connectivity index (χ3n) is 3.20. The quantitative estimate of drug-likeness (QED) is 0.790. The summed E-state index contributed by atoms with van der Waals surface area (Å²) >= 11 is 0. The van der Waals surface area contributed by atoms with Crippen LogP contribution >= 0.6 is 0 Å². The lowest BCUT2D eigenvalue weighted by Gasteiger charge is -2.07. The summed E-state index contributed by atoms with van der Waals surface area (Å²) in [6, 6.07) is 5.74. The Morgan fingerprint density at radius 2 is 2.13 bits per heavy atom. The zero-order valence-electron chi connectivity index (χ0n) is 12.4. The number of carbonyl (C=O) groups is 1. The van der Waals surface area contributed by atoms with E-state index in [2.05, 4.69) is 27.2 Å². The summed E-state index contributed by atoms with van der Waals surface area (Å²) in [6.45, 7) is 4.75. The summed E-state index contributed by atoms with van der Waals surface area (Å²) in [7, 11) is 0. The average Bonchev–Trinajstić information content (AvgIpc) is 3.06. The summed E-state index contributed by atoms with van der Waals surface area (Å²) < 4.78 is 10.6. The van der Waals surface area contributed by atoms with Crippen LogP contribution in [0.2, 0.25) is 0 Å². The fraction of sp³-hybridized carbons (Fsp3) is 0.188. The molecule has 0 unspecified atom stereocenters. The van der Waals surface area contributed by atoms with E-state index in [1.807, 2.05) is 18.2 Å². The van der Waals surface area contributed by atoms with Crippen molar-refractivity contribution in [3.8, 4) is 11.5 Å². The van der Waals surface area contributed by atoms with Gasteiger partial charge in [-0.15, -0.1) is 6.58 Å². The van der Waals surface area contributed by atoms with Crippen molar-refractivity contribution in [2.24, 2.45) is 0 Å². The van der Waals surface area contributed by atoms with E-state index in [-0.39, 0.29) is 18.4 Å². The van der Waals surface area contributed by atoms with Crippen molar-refractivity contribution in [3.05, 3.63) is 54.5 Å². The first-order valence-corrected chi connectivity index (χ1v) is 7.10. The molecule has 1 amide bonds. The molecule has 2 N–H and O–H groups in total. The van der Waals surface area contributed by atoms with E-state index in [4.69, 9.17) is 9.47 Å². The molecule has 0 spiro atoms. The van der Waals surface area contributed by atoms with Crippen molar-refractivity contribution in [1.82, 2.24) is 15.3 Å². The number of benzene rings is 1. The second-order valence-corrected chi connectivity index (χ2v) is 4.83. The van der Waals surface area contributed by atoms with E-state index in [1.54, 1.807) is 6.08 Å². The zero-order chi connectivity index (χ0) is 16.1. The smallest absolute Gasteiger partial charge is 0.271 e. The molecule has 1 aromatic heterocycles. The van der Waals surface area contributed by atoms with Crippen molar-refractivity contribution >= 4 is 11.7 Å². The molecule has 3 rings (SSSR count). The number of ether oxygens (including phenoxy) is 2. The minimum Gasteiger partial charge on any atom is -0.454 e. The minimum absolute atomic E-state index is 0.257. The number of rotatable bonds is 6. The number of aromatic nitrogens is 2. The van der Waals surface area contributed by atoms with Gasteiger partial charge in [-0.3, -0.25) is 4.79 Å². The van der Waals surface area contributed by atoms with E-state index in [1.165, 1.54) is 12.4 Å². The van der Waals surface area contributed by atoms with Gasteiger partial charge in [0.25, 0.3) is 5.91 Å². The lowest BCUT2D eigenvalue weighted by atomic mass is 10.2. The molecular formula is C16H16N4O3. The lowest BCUT2D eigenvalue weighted by molar-refractivity contribution is 0.0952. The standard InChI is InChI=1S/C16H16N4O3/c1-2-5-17-16(21)12-8-20-15(9-18-12)19-7-11-3-4-13-14(6-11)23-10-22-13/h2-4,6,8-9H,1,5,7,10H2,(H,17,21)(H,19,20). The van der Waals surface area contributed by atoms with Crippen LogP contribution in [0.5, 0.6) is 11.5 Å². The molecule has 1 aromatic carbocycles. The predicted molar refractivity (Wildman–Crippen MR) is 84.5 cm³/mol. The first-order chi connectivity index (χ1) is 11.3. The normalized spacial score (nSPS) is 11.8. The molecular weight excluding hydrogens is 296 g/mol. The summed E-state index contributed by atoms with van der Waals surface area (Å²) in [5, 5.41) is 5.79. The third-order valence-corrected chi connectivity index (χ3v) is 3.20. The Labute approximate surface area is 133 Å². The Kier molecular flexibility index (Phi) is 4.37. The first-order valence-electron chi connectivity index (χ1n) is 7.10. The fourth-order valence-electron chi connectivity index (χ4n) is 2.04. The molecule has 0 radical (unpaired) electrons. The van der Waals surface area contributed by atoms with Crippen LogP contribution < -0.4 is 20.1 Å². The van der Waals surface area contributed by atoms with Gasteiger partial charge in [-0.25, -0.2) is 9.97 Å². The Balaban J connectivity index is 1.58. The SMILES string of the molecule is C=CCNC(=O)c1cnc(NCc2ccc3c(c2)OCO3)cn1. The monoisotopic (exact) mass is 312 g/mol. The van der Waals surface area contributed by atoms with Crippen LogP contribution in [0.15, 0.2) is 43.2 Å².